The number of carbonyl (C=O) groups is 1. The lowest BCUT2D eigenvalue weighted by atomic mass is 9.92. The summed E-state index contributed by atoms with van der Waals surface area (Å²) in [5.74, 6) is 0.0240. The number of hydrogen-bond donors (Lipinski definition) is 1. The monoisotopic (exact) mass is 171 g/mol. The molecule has 1 N–H and O–H groups in total. The summed E-state index contributed by atoms with van der Waals surface area (Å²) >= 11 is 0. The fraction of sp³-hybridized carbons (Fsp3) is 0.889. The molecule has 0 aromatic carbocycles. The Balaban J connectivity index is 2.42. The number of nitrogens with one attached hydrogen (secondary N) is 1. The average molecular weight is 171 g/mol. The van der Waals surface area contributed by atoms with Crippen LogP contribution < -0.4 is 5.32 Å². The molecule has 1 fully saturated rings. The molecule has 0 aromatic rings. The Kier molecular flexibility index (Phi) is 3.53. The summed E-state index contributed by atoms with van der Waals surface area (Å²) in [4.78, 5) is 11.3. The Hall–Kier alpha value is -0.570. The molecule has 1 saturated heterocycles. The van der Waals surface area contributed by atoms with Gasteiger partial charge in [-0.2, -0.15) is 0 Å². The second kappa shape index (κ2) is 4.45. The molecule has 0 saturated carbocycles. The van der Waals surface area contributed by atoms with Crippen LogP contribution in [0.5, 0.6) is 0 Å². The third-order valence-electron chi connectivity index (χ3n) is 2.35. The van der Waals surface area contributed by atoms with Gasteiger partial charge < -0.3 is 10.1 Å². The van der Waals surface area contributed by atoms with Gasteiger partial charge >= 0.3 is 5.97 Å². The van der Waals surface area contributed by atoms with Crippen LogP contribution in [0, 0.1) is 5.92 Å². The van der Waals surface area contributed by atoms with Crippen molar-refractivity contribution in [3.05, 3.63) is 0 Å². The molecular formula is C9H17NO2. The molecule has 3 heteroatoms. The zero-order chi connectivity index (χ0) is 8.97. The van der Waals surface area contributed by atoms with Gasteiger partial charge in [0.25, 0.3) is 0 Å². The molecule has 0 aliphatic carbocycles. The van der Waals surface area contributed by atoms with Crippen LogP contribution in [0.3, 0.4) is 0 Å². The molecule has 0 unspecified atom stereocenters. The molecule has 12 heavy (non-hydrogen) atoms. The fourth-order valence-electron chi connectivity index (χ4n) is 1.62. The van der Waals surface area contributed by atoms with E-state index in [0.717, 1.165) is 19.4 Å². The molecule has 1 rings (SSSR count). The van der Waals surface area contributed by atoms with E-state index in [1.54, 1.807) is 0 Å². The van der Waals surface area contributed by atoms with Gasteiger partial charge in [0.05, 0.1) is 12.5 Å². The van der Waals surface area contributed by atoms with Gasteiger partial charge in [0.2, 0.25) is 0 Å². The molecule has 0 bridgehead atoms. The van der Waals surface area contributed by atoms with Gasteiger partial charge in [-0.25, -0.2) is 0 Å². The summed E-state index contributed by atoms with van der Waals surface area (Å²) < 4.78 is 4.97. The molecule has 3 nitrogen and oxygen atoms in total. The van der Waals surface area contributed by atoms with Crippen molar-refractivity contribution in [1.29, 1.82) is 0 Å². The van der Waals surface area contributed by atoms with Crippen LogP contribution in [-0.2, 0) is 9.53 Å². The van der Waals surface area contributed by atoms with Gasteiger partial charge in [-0.05, 0) is 33.2 Å². The summed E-state index contributed by atoms with van der Waals surface area (Å²) in [5, 5.41) is 3.27. The lowest BCUT2D eigenvalue weighted by Crippen LogP contribution is -2.43. The van der Waals surface area contributed by atoms with E-state index < -0.39 is 0 Å². The van der Waals surface area contributed by atoms with Gasteiger partial charge in [0, 0.05) is 6.04 Å². The molecule has 1 aliphatic heterocycles. The summed E-state index contributed by atoms with van der Waals surface area (Å²) in [6, 6.07) is 0.276. The smallest absolute Gasteiger partial charge is 0.310 e. The quantitative estimate of drug-likeness (QED) is 0.628. The molecule has 0 amide bonds. The normalized spacial score (nSPS) is 29.8. The van der Waals surface area contributed by atoms with Crippen molar-refractivity contribution >= 4 is 5.97 Å². The minimum atomic E-state index is -0.0443. The zero-order valence-corrected chi connectivity index (χ0v) is 7.80. The van der Waals surface area contributed by atoms with E-state index >= 15 is 0 Å². The SMILES string of the molecule is CCOC(=O)[C@@H]1CCCN[C@@H]1C. The van der Waals surface area contributed by atoms with Gasteiger partial charge in [-0.15, -0.1) is 0 Å². The first-order valence-corrected chi connectivity index (χ1v) is 4.65. The third kappa shape index (κ3) is 2.21. The predicted octanol–water partition coefficient (Wildman–Crippen LogP) is 0.938. The summed E-state index contributed by atoms with van der Waals surface area (Å²) in [7, 11) is 0. The van der Waals surface area contributed by atoms with Crippen LogP contribution in [0.4, 0.5) is 0 Å². The van der Waals surface area contributed by atoms with Crippen molar-refractivity contribution in [3.8, 4) is 0 Å². The highest BCUT2D eigenvalue weighted by Gasteiger charge is 2.28. The second-order valence-corrected chi connectivity index (χ2v) is 3.24. The highest BCUT2D eigenvalue weighted by atomic mass is 16.5. The Bertz CT molecular complexity index is 159. The number of ether oxygens (including phenoxy) is 1. The van der Waals surface area contributed by atoms with E-state index in [1.807, 2.05) is 13.8 Å². The van der Waals surface area contributed by atoms with Crippen molar-refractivity contribution in [2.45, 2.75) is 32.7 Å². The number of rotatable bonds is 2. The summed E-state index contributed by atoms with van der Waals surface area (Å²) in [6.07, 6.45) is 2.04. The van der Waals surface area contributed by atoms with E-state index in [1.165, 1.54) is 0 Å². The van der Waals surface area contributed by atoms with Crippen molar-refractivity contribution in [3.63, 3.8) is 0 Å². The Morgan fingerprint density at radius 1 is 1.67 bits per heavy atom. The van der Waals surface area contributed by atoms with Crippen LogP contribution in [-0.4, -0.2) is 25.2 Å². The fourth-order valence-corrected chi connectivity index (χ4v) is 1.62. The third-order valence-corrected chi connectivity index (χ3v) is 2.35. The first kappa shape index (κ1) is 9.52. The average Bonchev–Trinajstić information content (AvgIpc) is 2.05. The van der Waals surface area contributed by atoms with E-state index in [-0.39, 0.29) is 17.9 Å². The van der Waals surface area contributed by atoms with Gasteiger partial charge in [0.15, 0.2) is 0 Å². The van der Waals surface area contributed by atoms with Crippen LogP contribution >= 0.6 is 0 Å². The van der Waals surface area contributed by atoms with Gasteiger partial charge in [-0.1, -0.05) is 0 Å². The molecule has 2 atom stereocenters. The van der Waals surface area contributed by atoms with E-state index in [0.29, 0.717) is 6.61 Å². The van der Waals surface area contributed by atoms with Crippen LogP contribution in [0.25, 0.3) is 0 Å². The molecule has 0 spiro atoms. The number of hydrogen-bond acceptors (Lipinski definition) is 3. The van der Waals surface area contributed by atoms with Crippen LogP contribution in [0.1, 0.15) is 26.7 Å². The maximum Gasteiger partial charge on any atom is 0.310 e. The Morgan fingerprint density at radius 2 is 2.42 bits per heavy atom. The maximum absolute atomic E-state index is 11.3. The largest absolute Gasteiger partial charge is 0.466 e. The highest BCUT2D eigenvalue weighted by Crippen LogP contribution is 2.17. The van der Waals surface area contributed by atoms with Crippen molar-refractivity contribution in [2.24, 2.45) is 5.92 Å². The van der Waals surface area contributed by atoms with Crippen LogP contribution in [0.15, 0.2) is 0 Å². The lowest BCUT2D eigenvalue weighted by Gasteiger charge is -2.27. The number of esters is 1. The first-order chi connectivity index (χ1) is 5.75. The first-order valence-electron chi connectivity index (χ1n) is 4.65. The minimum absolute atomic E-state index is 0.0443. The summed E-state index contributed by atoms with van der Waals surface area (Å²) in [5.41, 5.74) is 0. The van der Waals surface area contributed by atoms with Crippen molar-refractivity contribution < 1.29 is 9.53 Å². The minimum Gasteiger partial charge on any atom is -0.466 e. The van der Waals surface area contributed by atoms with Gasteiger partial charge in [-0.3, -0.25) is 4.79 Å². The molecule has 1 aliphatic rings. The zero-order valence-electron chi connectivity index (χ0n) is 7.80. The molecule has 0 radical (unpaired) electrons. The molecule has 70 valence electrons. The van der Waals surface area contributed by atoms with Crippen molar-refractivity contribution in [2.75, 3.05) is 13.2 Å². The maximum atomic E-state index is 11.3. The number of carbonyl (C=O) groups excluding carboxylic acids is 1. The predicted molar refractivity (Wildman–Crippen MR) is 46.8 cm³/mol. The van der Waals surface area contributed by atoms with Crippen LogP contribution in [0.2, 0.25) is 0 Å². The van der Waals surface area contributed by atoms with E-state index in [9.17, 15) is 4.79 Å². The number of piperidine rings is 1. The van der Waals surface area contributed by atoms with Crippen molar-refractivity contribution in [1.82, 2.24) is 5.32 Å². The lowest BCUT2D eigenvalue weighted by molar-refractivity contribution is -0.149. The van der Waals surface area contributed by atoms with E-state index in [4.69, 9.17) is 4.74 Å². The Labute approximate surface area is 73.5 Å². The standard InChI is InChI=1S/C9H17NO2/c1-3-12-9(11)8-5-4-6-10-7(8)2/h7-8,10H,3-6H2,1-2H3/t7-,8-/m1/s1. The summed E-state index contributed by atoms with van der Waals surface area (Å²) in [6.45, 7) is 5.40. The van der Waals surface area contributed by atoms with Gasteiger partial charge in [0.1, 0.15) is 0 Å². The second-order valence-electron chi connectivity index (χ2n) is 3.24. The topological polar surface area (TPSA) is 38.3 Å². The van der Waals surface area contributed by atoms with E-state index in [2.05, 4.69) is 5.32 Å². The molecular weight excluding hydrogens is 154 g/mol. The molecule has 1 heterocycles. The Morgan fingerprint density at radius 3 is 3.00 bits per heavy atom. The molecule has 0 aromatic heterocycles. The highest BCUT2D eigenvalue weighted by molar-refractivity contribution is 5.73.